The van der Waals surface area contributed by atoms with Crippen LogP contribution >= 0.6 is 11.3 Å². The Morgan fingerprint density at radius 1 is 1.29 bits per heavy atom. The van der Waals surface area contributed by atoms with Gasteiger partial charge in [0.05, 0.1) is 5.56 Å². The number of nitrogens with zero attached hydrogens (tertiary/aromatic N) is 1. The van der Waals surface area contributed by atoms with E-state index in [1.807, 2.05) is 51.1 Å². The predicted octanol–water partition coefficient (Wildman–Crippen LogP) is 3.89. The van der Waals surface area contributed by atoms with Crippen LogP contribution in [0.2, 0.25) is 0 Å². The van der Waals surface area contributed by atoms with Crippen LogP contribution in [0, 0.1) is 13.8 Å². The molecule has 2 atom stereocenters. The van der Waals surface area contributed by atoms with E-state index in [1.165, 1.54) is 0 Å². The number of aryl methyl sites for hydroxylation is 2. The van der Waals surface area contributed by atoms with Gasteiger partial charge in [0, 0.05) is 21.5 Å². The van der Waals surface area contributed by atoms with Gasteiger partial charge in [-0.2, -0.15) is 0 Å². The molecule has 2 aromatic rings. The van der Waals surface area contributed by atoms with Crippen molar-refractivity contribution in [3.63, 3.8) is 0 Å². The number of rotatable bonds is 3. The lowest BCUT2D eigenvalue weighted by molar-refractivity contribution is -0.126. The number of hydrogen-bond donors (Lipinski definition) is 0. The Morgan fingerprint density at radius 2 is 2.00 bits per heavy atom. The normalized spacial score (nSPS) is 17.5. The van der Waals surface area contributed by atoms with Crippen LogP contribution in [0.3, 0.4) is 0 Å². The molecule has 0 saturated carbocycles. The lowest BCUT2D eigenvalue weighted by Gasteiger charge is -2.25. The molecule has 0 N–H and O–H groups in total. The molecular weight excluding hydrogens is 322 g/mol. The van der Waals surface area contributed by atoms with E-state index in [0.29, 0.717) is 5.56 Å². The minimum atomic E-state index is -0.814. The van der Waals surface area contributed by atoms with Crippen LogP contribution in [0.15, 0.2) is 30.3 Å². The van der Waals surface area contributed by atoms with Gasteiger partial charge in [0.1, 0.15) is 0 Å². The number of hydrogen-bond acceptors (Lipinski definition) is 4. The molecule has 0 aliphatic carbocycles. The molecule has 1 aromatic carbocycles. The fourth-order valence-corrected chi connectivity index (χ4v) is 4.12. The topological polar surface area (TPSA) is 46.6 Å². The standard InChI is InChI=1S/C19H21NO3S/c1-11-9-15-7-5-6-8-17(15)20(11)18(21)13(3)23-19(22)16-10-12(2)24-14(16)4/h5-8,10-11,13H,9H2,1-4H3/t11-,13-/m1/s1. The summed E-state index contributed by atoms with van der Waals surface area (Å²) in [6.07, 6.45) is 0.0107. The van der Waals surface area contributed by atoms with E-state index in [9.17, 15) is 9.59 Å². The van der Waals surface area contributed by atoms with E-state index >= 15 is 0 Å². The second-order valence-corrected chi connectivity index (χ2v) is 7.72. The highest BCUT2D eigenvalue weighted by Crippen LogP contribution is 2.32. The van der Waals surface area contributed by atoms with Crippen LogP contribution in [0.5, 0.6) is 0 Å². The average molecular weight is 343 g/mol. The zero-order valence-corrected chi connectivity index (χ0v) is 15.1. The molecule has 1 aliphatic heterocycles. The summed E-state index contributed by atoms with van der Waals surface area (Å²) in [5, 5.41) is 0. The van der Waals surface area contributed by atoms with Crippen LogP contribution < -0.4 is 4.90 Å². The average Bonchev–Trinajstić information content (AvgIpc) is 3.04. The summed E-state index contributed by atoms with van der Waals surface area (Å²) in [7, 11) is 0. The Kier molecular flexibility index (Phi) is 4.45. The molecular formula is C19H21NO3S. The summed E-state index contributed by atoms with van der Waals surface area (Å²) in [5.74, 6) is -0.608. The maximum absolute atomic E-state index is 12.8. The van der Waals surface area contributed by atoms with Gasteiger partial charge in [0.15, 0.2) is 6.10 Å². The molecule has 0 spiro atoms. The van der Waals surface area contributed by atoms with Crippen LogP contribution in [-0.4, -0.2) is 24.0 Å². The second kappa shape index (κ2) is 6.40. The van der Waals surface area contributed by atoms with Gasteiger partial charge < -0.3 is 9.64 Å². The number of carbonyl (C=O) groups is 2. The number of amides is 1. The molecule has 0 radical (unpaired) electrons. The van der Waals surface area contributed by atoms with Crippen molar-refractivity contribution in [3.05, 3.63) is 51.2 Å². The molecule has 0 saturated heterocycles. The molecule has 126 valence electrons. The minimum absolute atomic E-state index is 0.0705. The first-order valence-electron chi connectivity index (χ1n) is 8.07. The van der Waals surface area contributed by atoms with E-state index in [-0.39, 0.29) is 11.9 Å². The Hall–Kier alpha value is -2.14. The molecule has 4 nitrogen and oxygen atoms in total. The van der Waals surface area contributed by atoms with Crippen molar-refractivity contribution >= 4 is 28.9 Å². The van der Waals surface area contributed by atoms with E-state index in [2.05, 4.69) is 0 Å². The fraction of sp³-hybridized carbons (Fsp3) is 0.368. The van der Waals surface area contributed by atoms with Crippen molar-refractivity contribution in [1.82, 2.24) is 0 Å². The Balaban J connectivity index is 1.76. The van der Waals surface area contributed by atoms with Gasteiger partial charge in [-0.25, -0.2) is 4.79 Å². The van der Waals surface area contributed by atoms with E-state index in [1.54, 1.807) is 23.2 Å². The zero-order chi connectivity index (χ0) is 17.4. The molecule has 0 unspecified atom stereocenters. The molecule has 3 rings (SSSR count). The maximum Gasteiger partial charge on any atom is 0.340 e. The highest BCUT2D eigenvalue weighted by Gasteiger charge is 2.34. The number of carbonyl (C=O) groups excluding carboxylic acids is 2. The zero-order valence-electron chi connectivity index (χ0n) is 14.3. The van der Waals surface area contributed by atoms with Crippen molar-refractivity contribution in [2.75, 3.05) is 4.90 Å². The van der Waals surface area contributed by atoms with Crippen LogP contribution in [0.4, 0.5) is 5.69 Å². The summed E-state index contributed by atoms with van der Waals surface area (Å²) in [5.41, 5.74) is 2.62. The van der Waals surface area contributed by atoms with Crippen molar-refractivity contribution < 1.29 is 14.3 Å². The SMILES string of the molecule is Cc1cc(C(=O)O[C@H](C)C(=O)N2c3ccccc3C[C@H]2C)c(C)s1. The van der Waals surface area contributed by atoms with Gasteiger partial charge in [-0.05, 0) is 51.8 Å². The summed E-state index contributed by atoms with van der Waals surface area (Å²) in [6.45, 7) is 7.49. The third kappa shape index (κ3) is 2.96. The third-order valence-corrected chi connectivity index (χ3v) is 5.30. The van der Waals surface area contributed by atoms with Crippen molar-refractivity contribution in [2.24, 2.45) is 0 Å². The van der Waals surface area contributed by atoms with Gasteiger partial charge in [-0.15, -0.1) is 11.3 Å². The Morgan fingerprint density at radius 3 is 2.67 bits per heavy atom. The van der Waals surface area contributed by atoms with Gasteiger partial charge in [-0.3, -0.25) is 4.79 Å². The van der Waals surface area contributed by atoms with E-state index < -0.39 is 12.1 Å². The maximum atomic E-state index is 12.8. The number of ether oxygens (including phenoxy) is 1. The van der Waals surface area contributed by atoms with Crippen LogP contribution in [0.1, 0.15) is 39.5 Å². The summed E-state index contributed by atoms with van der Waals surface area (Å²) >= 11 is 1.55. The van der Waals surface area contributed by atoms with Crippen LogP contribution in [-0.2, 0) is 16.0 Å². The van der Waals surface area contributed by atoms with Crippen molar-refractivity contribution in [2.45, 2.75) is 46.3 Å². The summed E-state index contributed by atoms with van der Waals surface area (Å²) in [4.78, 5) is 28.9. The Bertz CT molecular complexity index is 796. The monoisotopic (exact) mass is 343 g/mol. The summed E-state index contributed by atoms with van der Waals surface area (Å²) in [6, 6.07) is 9.76. The largest absolute Gasteiger partial charge is 0.449 e. The first-order valence-corrected chi connectivity index (χ1v) is 8.89. The molecule has 1 aromatic heterocycles. The van der Waals surface area contributed by atoms with Crippen molar-refractivity contribution in [1.29, 1.82) is 0 Å². The predicted molar refractivity (Wildman–Crippen MR) is 95.8 cm³/mol. The number of anilines is 1. The van der Waals surface area contributed by atoms with E-state index in [4.69, 9.17) is 4.74 Å². The van der Waals surface area contributed by atoms with Gasteiger partial charge >= 0.3 is 5.97 Å². The second-order valence-electron chi connectivity index (χ2n) is 6.26. The third-order valence-electron chi connectivity index (χ3n) is 4.34. The smallest absolute Gasteiger partial charge is 0.340 e. The molecule has 1 aliphatic rings. The minimum Gasteiger partial charge on any atom is -0.449 e. The molecule has 24 heavy (non-hydrogen) atoms. The van der Waals surface area contributed by atoms with E-state index in [0.717, 1.165) is 27.4 Å². The van der Waals surface area contributed by atoms with Gasteiger partial charge in [-0.1, -0.05) is 18.2 Å². The van der Waals surface area contributed by atoms with Gasteiger partial charge in [0.25, 0.3) is 5.91 Å². The van der Waals surface area contributed by atoms with Crippen molar-refractivity contribution in [3.8, 4) is 0 Å². The number of esters is 1. The first-order chi connectivity index (χ1) is 11.4. The van der Waals surface area contributed by atoms with Gasteiger partial charge in [0.2, 0.25) is 0 Å². The first kappa shape index (κ1) is 16.7. The molecule has 5 heteroatoms. The Labute approximate surface area is 146 Å². The number of benzene rings is 1. The fourth-order valence-electron chi connectivity index (χ4n) is 3.21. The number of thiophene rings is 1. The molecule has 0 bridgehead atoms. The molecule has 0 fully saturated rings. The summed E-state index contributed by atoms with van der Waals surface area (Å²) < 4.78 is 5.44. The molecule has 2 heterocycles. The highest BCUT2D eigenvalue weighted by molar-refractivity contribution is 7.12. The lowest BCUT2D eigenvalue weighted by Crippen LogP contribution is -2.43. The quantitative estimate of drug-likeness (QED) is 0.794. The highest BCUT2D eigenvalue weighted by atomic mass is 32.1. The number of fused-ring (bicyclic) bond motifs is 1. The number of para-hydroxylation sites is 1. The lowest BCUT2D eigenvalue weighted by atomic mass is 10.1. The van der Waals surface area contributed by atoms with Crippen LogP contribution in [0.25, 0.3) is 0 Å². The molecule has 1 amide bonds.